The number of urea groups is 1. The summed E-state index contributed by atoms with van der Waals surface area (Å²) >= 11 is 1.07. The van der Waals surface area contributed by atoms with Crippen LogP contribution in [-0.4, -0.2) is 37.9 Å². The van der Waals surface area contributed by atoms with Crippen LogP contribution in [0, 0.1) is 5.82 Å². The number of imide groups is 1. The van der Waals surface area contributed by atoms with Crippen LogP contribution in [0.4, 0.5) is 9.18 Å². The standard InChI is InChI=1S/C16H20FN5O2S/c1-9(13(23)19-14(24)20-16(2,3)4)25-15-18-12(21-22-15)10-7-5-6-8-11(10)17/h5-9H,1-4H3,(H,18,21,22)(H2,19,20,23,24)/t9-/m1/s1. The van der Waals surface area contributed by atoms with Gasteiger partial charge < -0.3 is 5.32 Å². The van der Waals surface area contributed by atoms with Crippen molar-refractivity contribution in [2.24, 2.45) is 0 Å². The fraction of sp³-hybridized carbons (Fsp3) is 0.375. The highest BCUT2D eigenvalue weighted by Crippen LogP contribution is 2.24. The molecule has 134 valence electrons. The molecular formula is C16H20FN5O2S. The van der Waals surface area contributed by atoms with Gasteiger partial charge in [0, 0.05) is 5.54 Å². The quantitative estimate of drug-likeness (QED) is 0.724. The molecule has 3 amide bonds. The van der Waals surface area contributed by atoms with E-state index in [4.69, 9.17) is 0 Å². The number of nitrogens with one attached hydrogen (secondary N) is 3. The van der Waals surface area contributed by atoms with Crippen molar-refractivity contribution in [2.45, 2.75) is 43.6 Å². The van der Waals surface area contributed by atoms with E-state index in [-0.39, 0.29) is 11.0 Å². The van der Waals surface area contributed by atoms with Crippen LogP contribution in [0.25, 0.3) is 11.4 Å². The molecule has 2 aromatic rings. The van der Waals surface area contributed by atoms with Gasteiger partial charge in [-0.15, -0.1) is 5.10 Å². The van der Waals surface area contributed by atoms with Crippen molar-refractivity contribution >= 4 is 23.7 Å². The largest absolute Gasteiger partial charge is 0.333 e. The molecule has 25 heavy (non-hydrogen) atoms. The summed E-state index contributed by atoms with van der Waals surface area (Å²) in [6.45, 7) is 7.07. The first-order chi connectivity index (χ1) is 11.7. The molecule has 7 nitrogen and oxygen atoms in total. The Morgan fingerprint density at radius 2 is 1.96 bits per heavy atom. The Kier molecular flexibility index (Phi) is 5.78. The number of amides is 3. The average molecular weight is 365 g/mol. The van der Waals surface area contributed by atoms with Crippen LogP contribution in [0.3, 0.4) is 0 Å². The van der Waals surface area contributed by atoms with Gasteiger partial charge in [-0.1, -0.05) is 23.9 Å². The Labute approximate surface area is 149 Å². The molecule has 0 aliphatic carbocycles. The van der Waals surface area contributed by atoms with Gasteiger partial charge in [-0.05, 0) is 39.8 Å². The second-order valence-corrected chi connectivity index (χ2v) is 7.71. The Bertz CT molecular complexity index is 772. The topological polar surface area (TPSA) is 99.8 Å². The highest BCUT2D eigenvalue weighted by atomic mass is 32.2. The Hall–Kier alpha value is -2.42. The third-order valence-electron chi connectivity index (χ3n) is 2.97. The van der Waals surface area contributed by atoms with Gasteiger partial charge in [0.25, 0.3) is 0 Å². The van der Waals surface area contributed by atoms with Crippen LogP contribution < -0.4 is 10.6 Å². The first-order valence-electron chi connectivity index (χ1n) is 7.62. The average Bonchev–Trinajstić information content (AvgIpc) is 2.93. The highest BCUT2D eigenvalue weighted by molar-refractivity contribution is 8.00. The molecule has 0 aliphatic rings. The van der Waals surface area contributed by atoms with Gasteiger partial charge in [-0.25, -0.2) is 14.2 Å². The summed E-state index contributed by atoms with van der Waals surface area (Å²) in [5, 5.41) is 11.2. The molecular weight excluding hydrogens is 345 g/mol. The van der Waals surface area contributed by atoms with Gasteiger partial charge in [0.15, 0.2) is 5.82 Å². The van der Waals surface area contributed by atoms with Crippen LogP contribution in [0.5, 0.6) is 0 Å². The third kappa shape index (κ3) is 5.56. The second-order valence-electron chi connectivity index (χ2n) is 6.40. The third-order valence-corrected chi connectivity index (χ3v) is 3.93. The number of benzene rings is 1. The van der Waals surface area contributed by atoms with Gasteiger partial charge >= 0.3 is 6.03 Å². The molecule has 9 heteroatoms. The van der Waals surface area contributed by atoms with Crippen molar-refractivity contribution in [3.63, 3.8) is 0 Å². The molecule has 0 aliphatic heterocycles. The monoisotopic (exact) mass is 365 g/mol. The summed E-state index contributed by atoms with van der Waals surface area (Å²) < 4.78 is 13.8. The number of aromatic nitrogens is 3. The van der Waals surface area contributed by atoms with Crippen molar-refractivity contribution < 1.29 is 14.0 Å². The Morgan fingerprint density at radius 1 is 1.28 bits per heavy atom. The molecule has 0 spiro atoms. The Balaban J connectivity index is 1.97. The molecule has 0 radical (unpaired) electrons. The lowest BCUT2D eigenvalue weighted by Gasteiger charge is -2.20. The number of carbonyl (C=O) groups excluding carboxylic acids is 2. The molecule has 1 aromatic heterocycles. The van der Waals surface area contributed by atoms with Crippen molar-refractivity contribution in [1.29, 1.82) is 0 Å². The molecule has 1 heterocycles. The van der Waals surface area contributed by atoms with E-state index < -0.39 is 28.5 Å². The zero-order valence-electron chi connectivity index (χ0n) is 14.4. The van der Waals surface area contributed by atoms with Gasteiger partial charge in [0.1, 0.15) is 5.82 Å². The van der Waals surface area contributed by atoms with E-state index in [1.54, 1.807) is 25.1 Å². The Morgan fingerprint density at radius 3 is 2.60 bits per heavy atom. The van der Waals surface area contributed by atoms with E-state index in [1.807, 2.05) is 20.8 Å². The predicted molar refractivity (Wildman–Crippen MR) is 93.5 cm³/mol. The summed E-state index contributed by atoms with van der Waals surface area (Å²) in [5.41, 5.74) is -0.150. The number of hydrogen-bond donors (Lipinski definition) is 3. The summed E-state index contributed by atoms with van der Waals surface area (Å²) in [5.74, 6) is -0.609. The maximum atomic E-state index is 13.8. The normalized spacial score (nSPS) is 12.5. The SMILES string of the molecule is C[C@@H](Sc1n[nH]c(-c2ccccc2F)n1)C(=O)NC(=O)NC(C)(C)C. The molecule has 0 fully saturated rings. The van der Waals surface area contributed by atoms with Crippen LogP contribution in [0.2, 0.25) is 0 Å². The lowest BCUT2D eigenvalue weighted by Crippen LogP contribution is -2.49. The van der Waals surface area contributed by atoms with Crippen LogP contribution in [-0.2, 0) is 4.79 Å². The number of rotatable bonds is 4. The van der Waals surface area contributed by atoms with Crippen molar-refractivity contribution in [3.05, 3.63) is 30.1 Å². The summed E-state index contributed by atoms with van der Waals surface area (Å²) in [6, 6.07) is 5.62. The van der Waals surface area contributed by atoms with Crippen LogP contribution >= 0.6 is 11.8 Å². The predicted octanol–water partition coefficient (Wildman–Crippen LogP) is 2.72. The van der Waals surface area contributed by atoms with Crippen LogP contribution in [0.15, 0.2) is 29.4 Å². The van der Waals surface area contributed by atoms with Crippen LogP contribution in [0.1, 0.15) is 27.7 Å². The molecule has 3 N–H and O–H groups in total. The minimum atomic E-state index is -0.602. The molecule has 0 unspecified atom stereocenters. The smallest absolute Gasteiger partial charge is 0.321 e. The van der Waals surface area contributed by atoms with Gasteiger partial charge in [-0.2, -0.15) is 0 Å². The minimum Gasteiger partial charge on any atom is -0.333 e. The zero-order valence-corrected chi connectivity index (χ0v) is 15.2. The summed E-state index contributed by atoms with van der Waals surface area (Å²) in [7, 11) is 0. The maximum absolute atomic E-state index is 13.8. The number of nitrogens with zero attached hydrogens (tertiary/aromatic N) is 2. The number of carbonyl (C=O) groups is 2. The lowest BCUT2D eigenvalue weighted by atomic mass is 10.1. The molecule has 0 saturated carbocycles. The first kappa shape index (κ1) is 18.9. The fourth-order valence-electron chi connectivity index (χ4n) is 1.87. The molecule has 2 rings (SSSR count). The number of H-pyrrole nitrogens is 1. The number of aromatic amines is 1. The van der Waals surface area contributed by atoms with Gasteiger partial charge in [0.2, 0.25) is 11.1 Å². The van der Waals surface area contributed by atoms with E-state index in [0.29, 0.717) is 5.56 Å². The summed E-state index contributed by atoms with van der Waals surface area (Å²) in [6.07, 6.45) is 0. The minimum absolute atomic E-state index is 0.277. The molecule has 1 aromatic carbocycles. The number of hydrogen-bond acceptors (Lipinski definition) is 5. The van der Waals surface area contributed by atoms with E-state index in [0.717, 1.165) is 11.8 Å². The number of halogens is 1. The van der Waals surface area contributed by atoms with Crippen molar-refractivity contribution in [2.75, 3.05) is 0 Å². The molecule has 1 atom stereocenters. The van der Waals surface area contributed by atoms with E-state index in [9.17, 15) is 14.0 Å². The fourth-order valence-corrected chi connectivity index (χ4v) is 2.59. The van der Waals surface area contributed by atoms with E-state index in [1.165, 1.54) is 6.07 Å². The number of thioether (sulfide) groups is 1. The van der Waals surface area contributed by atoms with Gasteiger partial charge in [0.05, 0.1) is 10.8 Å². The van der Waals surface area contributed by atoms with E-state index >= 15 is 0 Å². The summed E-state index contributed by atoms with van der Waals surface area (Å²) in [4.78, 5) is 28.0. The maximum Gasteiger partial charge on any atom is 0.321 e. The van der Waals surface area contributed by atoms with Crippen molar-refractivity contribution in [1.82, 2.24) is 25.8 Å². The van der Waals surface area contributed by atoms with E-state index in [2.05, 4.69) is 25.8 Å². The second kappa shape index (κ2) is 7.64. The molecule has 0 saturated heterocycles. The lowest BCUT2D eigenvalue weighted by molar-refractivity contribution is -0.119. The van der Waals surface area contributed by atoms with Crippen molar-refractivity contribution in [3.8, 4) is 11.4 Å². The molecule has 0 bridgehead atoms. The zero-order chi connectivity index (χ0) is 18.6. The first-order valence-corrected chi connectivity index (χ1v) is 8.50. The van der Waals surface area contributed by atoms with Gasteiger partial charge in [-0.3, -0.25) is 15.2 Å². The highest BCUT2D eigenvalue weighted by Gasteiger charge is 2.21.